The number of allylic oxidation sites excluding steroid dienone is 1. The van der Waals surface area contributed by atoms with Crippen molar-refractivity contribution >= 4 is 39.3 Å². The highest BCUT2D eigenvalue weighted by atomic mass is 79.9. The number of aromatic nitrogens is 4. The van der Waals surface area contributed by atoms with E-state index in [0.717, 1.165) is 14.6 Å². The molecule has 0 unspecified atom stereocenters. The quantitative estimate of drug-likeness (QED) is 0.353. The molecule has 9 nitrogen and oxygen atoms in total. The zero-order chi connectivity index (χ0) is 20.6. The molecule has 0 radical (unpaired) electrons. The lowest BCUT2D eigenvalue weighted by molar-refractivity contribution is 0.474. The van der Waals surface area contributed by atoms with Gasteiger partial charge in [0, 0.05) is 30.7 Å². The summed E-state index contributed by atoms with van der Waals surface area (Å²) >= 11 is 3.34. The van der Waals surface area contributed by atoms with Crippen LogP contribution in [0.3, 0.4) is 0 Å². The minimum absolute atomic E-state index is 0.0699. The Morgan fingerprint density at radius 2 is 2.07 bits per heavy atom. The average molecular weight is 447 g/mol. The molecule has 0 aliphatic carbocycles. The second-order valence-electron chi connectivity index (χ2n) is 6.43. The number of rotatable bonds is 5. The van der Waals surface area contributed by atoms with Gasteiger partial charge in [-0.05, 0) is 25.1 Å². The molecular weight excluding hydrogens is 428 g/mol. The number of nitrogens with zero attached hydrogens (tertiary/aromatic N) is 5. The van der Waals surface area contributed by atoms with E-state index in [1.807, 2.05) is 6.92 Å². The smallest absolute Gasteiger partial charge is 0.332 e. The standard InChI is InChI=1S/C18H19BrN6O3/c1-10(2)9-25-14-15(23(3)18(28)24(4)16(14)27)21-17(25)22-20-8-11-7-12(19)5-6-13(11)26/h5-8,26H,1,9H2,2-4H3,(H,21,22). The maximum absolute atomic E-state index is 12.6. The number of aryl methyl sites for hydroxylation is 1. The zero-order valence-electron chi connectivity index (χ0n) is 15.6. The van der Waals surface area contributed by atoms with Crippen LogP contribution < -0.4 is 16.7 Å². The topological polar surface area (TPSA) is 106 Å². The number of aromatic hydroxyl groups is 1. The molecule has 3 rings (SSSR count). The van der Waals surface area contributed by atoms with E-state index in [-0.39, 0.29) is 22.9 Å². The molecule has 2 N–H and O–H groups in total. The van der Waals surface area contributed by atoms with Gasteiger partial charge in [-0.3, -0.25) is 18.5 Å². The molecule has 0 aliphatic rings. The third-order valence-electron chi connectivity index (χ3n) is 4.13. The van der Waals surface area contributed by atoms with Crippen molar-refractivity contribution in [2.75, 3.05) is 5.43 Å². The van der Waals surface area contributed by atoms with E-state index in [1.54, 1.807) is 29.8 Å². The van der Waals surface area contributed by atoms with Crippen molar-refractivity contribution in [2.24, 2.45) is 19.2 Å². The number of hydrogen-bond acceptors (Lipinski definition) is 6. The fraction of sp³-hybridized carbons (Fsp3) is 0.222. The molecule has 2 aromatic heterocycles. The van der Waals surface area contributed by atoms with Crippen molar-refractivity contribution in [1.82, 2.24) is 18.7 Å². The second-order valence-corrected chi connectivity index (χ2v) is 7.35. The van der Waals surface area contributed by atoms with E-state index < -0.39 is 11.2 Å². The van der Waals surface area contributed by atoms with Crippen molar-refractivity contribution in [2.45, 2.75) is 13.5 Å². The minimum Gasteiger partial charge on any atom is -0.507 e. The minimum atomic E-state index is -0.466. The molecule has 0 saturated carbocycles. The van der Waals surface area contributed by atoms with E-state index >= 15 is 0 Å². The molecule has 1 aromatic carbocycles. The van der Waals surface area contributed by atoms with Crippen LogP contribution in [0, 0.1) is 0 Å². The Balaban J connectivity index is 2.11. The molecular formula is C18H19BrN6O3. The largest absolute Gasteiger partial charge is 0.507 e. The van der Waals surface area contributed by atoms with Gasteiger partial charge in [0.2, 0.25) is 5.95 Å². The number of hydrazone groups is 1. The number of benzene rings is 1. The van der Waals surface area contributed by atoms with Gasteiger partial charge < -0.3 is 5.11 Å². The Labute approximate surface area is 168 Å². The lowest BCUT2D eigenvalue weighted by Crippen LogP contribution is -2.37. The normalized spacial score (nSPS) is 11.4. The van der Waals surface area contributed by atoms with Crippen LogP contribution in [-0.2, 0) is 20.6 Å². The monoisotopic (exact) mass is 446 g/mol. The number of fused-ring (bicyclic) bond motifs is 1. The van der Waals surface area contributed by atoms with Gasteiger partial charge in [0.1, 0.15) is 5.75 Å². The van der Waals surface area contributed by atoms with Crippen LogP contribution in [0.1, 0.15) is 12.5 Å². The lowest BCUT2D eigenvalue weighted by Gasteiger charge is -2.08. The van der Waals surface area contributed by atoms with E-state index in [4.69, 9.17) is 0 Å². The molecule has 28 heavy (non-hydrogen) atoms. The van der Waals surface area contributed by atoms with Crippen molar-refractivity contribution in [3.63, 3.8) is 0 Å². The SMILES string of the molecule is C=C(C)Cn1c(NN=Cc2cc(Br)ccc2O)nc2c1c(=O)n(C)c(=O)n2C. The number of imidazole rings is 1. The first-order chi connectivity index (χ1) is 13.2. The zero-order valence-corrected chi connectivity index (χ0v) is 17.2. The maximum Gasteiger partial charge on any atom is 0.332 e. The van der Waals surface area contributed by atoms with Gasteiger partial charge in [0.25, 0.3) is 5.56 Å². The van der Waals surface area contributed by atoms with Gasteiger partial charge in [-0.1, -0.05) is 28.1 Å². The van der Waals surface area contributed by atoms with Crippen molar-refractivity contribution in [3.05, 3.63) is 61.2 Å². The summed E-state index contributed by atoms with van der Waals surface area (Å²) in [4.78, 5) is 29.2. The molecule has 2 heterocycles. The molecule has 0 aliphatic heterocycles. The third kappa shape index (κ3) is 3.50. The highest BCUT2D eigenvalue weighted by molar-refractivity contribution is 9.10. The molecule has 0 fully saturated rings. The predicted octanol–water partition coefficient (Wildman–Crippen LogP) is 1.92. The number of anilines is 1. The Bertz CT molecular complexity index is 1230. The van der Waals surface area contributed by atoms with Crippen molar-refractivity contribution in [3.8, 4) is 5.75 Å². The molecule has 0 bridgehead atoms. The molecule has 0 spiro atoms. The van der Waals surface area contributed by atoms with Crippen molar-refractivity contribution in [1.29, 1.82) is 0 Å². The first kappa shape index (κ1) is 19.6. The summed E-state index contributed by atoms with van der Waals surface area (Å²) in [6, 6.07) is 4.96. The summed E-state index contributed by atoms with van der Waals surface area (Å²) in [5, 5.41) is 14.0. The molecule has 0 saturated heterocycles. The van der Waals surface area contributed by atoms with Crippen LogP contribution >= 0.6 is 15.9 Å². The Morgan fingerprint density at radius 1 is 1.36 bits per heavy atom. The van der Waals surface area contributed by atoms with Crippen LogP contribution in [0.15, 0.2) is 49.5 Å². The van der Waals surface area contributed by atoms with Gasteiger partial charge in [0.05, 0.1) is 6.21 Å². The molecule has 146 valence electrons. The van der Waals surface area contributed by atoms with Gasteiger partial charge in [-0.15, -0.1) is 0 Å². The van der Waals surface area contributed by atoms with E-state index in [2.05, 4.69) is 38.0 Å². The number of phenolic OH excluding ortho intramolecular Hbond substituents is 1. The van der Waals surface area contributed by atoms with Crippen LogP contribution in [0.25, 0.3) is 11.2 Å². The molecule has 0 atom stereocenters. The average Bonchev–Trinajstić information content (AvgIpc) is 2.99. The van der Waals surface area contributed by atoms with E-state index in [0.29, 0.717) is 12.1 Å². The number of hydrogen-bond donors (Lipinski definition) is 2. The maximum atomic E-state index is 12.6. The summed E-state index contributed by atoms with van der Waals surface area (Å²) in [6.45, 7) is 6.04. The van der Waals surface area contributed by atoms with Gasteiger partial charge in [-0.2, -0.15) is 10.1 Å². The number of halogens is 1. The molecule has 0 amide bonds. The lowest BCUT2D eigenvalue weighted by atomic mass is 10.2. The summed E-state index contributed by atoms with van der Waals surface area (Å²) in [5.74, 6) is 0.350. The predicted molar refractivity (Wildman–Crippen MR) is 112 cm³/mol. The molecule has 10 heteroatoms. The van der Waals surface area contributed by atoms with Crippen LogP contribution in [0.5, 0.6) is 5.75 Å². The van der Waals surface area contributed by atoms with Crippen LogP contribution in [0.4, 0.5) is 5.95 Å². The van der Waals surface area contributed by atoms with E-state index in [1.165, 1.54) is 17.8 Å². The first-order valence-corrected chi connectivity index (χ1v) is 9.08. The van der Waals surface area contributed by atoms with Crippen molar-refractivity contribution < 1.29 is 5.11 Å². The fourth-order valence-corrected chi connectivity index (χ4v) is 3.12. The molecule has 3 aromatic rings. The highest BCUT2D eigenvalue weighted by Crippen LogP contribution is 2.21. The highest BCUT2D eigenvalue weighted by Gasteiger charge is 2.18. The Morgan fingerprint density at radius 3 is 2.75 bits per heavy atom. The van der Waals surface area contributed by atoms with Crippen LogP contribution in [0.2, 0.25) is 0 Å². The third-order valence-corrected chi connectivity index (χ3v) is 4.63. The van der Waals surface area contributed by atoms with Gasteiger partial charge in [-0.25, -0.2) is 10.2 Å². The summed E-state index contributed by atoms with van der Waals surface area (Å²) in [6.07, 6.45) is 1.43. The summed E-state index contributed by atoms with van der Waals surface area (Å²) in [5.41, 5.74) is 3.68. The Kier molecular flexibility index (Phi) is 5.23. The Hall–Kier alpha value is -3.14. The first-order valence-electron chi connectivity index (χ1n) is 8.29. The van der Waals surface area contributed by atoms with Gasteiger partial charge in [0.15, 0.2) is 11.2 Å². The fourth-order valence-electron chi connectivity index (χ4n) is 2.74. The summed E-state index contributed by atoms with van der Waals surface area (Å²) in [7, 11) is 2.97. The van der Waals surface area contributed by atoms with Gasteiger partial charge >= 0.3 is 5.69 Å². The van der Waals surface area contributed by atoms with Crippen LogP contribution in [-0.4, -0.2) is 30.0 Å². The second kappa shape index (κ2) is 7.47. The number of phenols is 1. The summed E-state index contributed by atoms with van der Waals surface area (Å²) < 4.78 is 4.75. The number of nitrogens with one attached hydrogen (secondary N) is 1. The van der Waals surface area contributed by atoms with E-state index in [9.17, 15) is 14.7 Å².